The van der Waals surface area contributed by atoms with E-state index >= 15 is 0 Å². The van der Waals surface area contributed by atoms with Crippen molar-refractivity contribution >= 4 is 28.5 Å². The SMILES string of the molecule is CCc1c2c(nc3ccc(OCC(=O)N/N=C(\C)c4ccccc4OCCCCCCC(C)C)cc13)-c1cc3c(c(=O)n1C2)COC(=O)C3CC. The standard InChI is InChI=1S/C41H48N4O6/c1-6-28-32-20-27(50-24-38(46)44-43-26(5)30-15-11-12-16-37(30)49-19-13-9-8-10-14-25(3)4)17-18-35(32)42-39-33(28)22-45-36(39)21-31-29(7-2)41(48)51-23-34(31)40(45)47/h11-12,15-18,20-21,25,29H,6-10,13-14,19,22-24H2,1-5H3,(H,44,46)/b43-26+. The van der Waals surface area contributed by atoms with Gasteiger partial charge in [-0.05, 0) is 79.6 Å². The van der Waals surface area contributed by atoms with E-state index in [4.69, 9.17) is 19.2 Å². The minimum absolute atomic E-state index is 0.00407. The van der Waals surface area contributed by atoms with Crippen LogP contribution in [-0.2, 0) is 33.9 Å². The van der Waals surface area contributed by atoms with Crippen LogP contribution in [0.5, 0.6) is 11.5 Å². The lowest BCUT2D eigenvalue weighted by atomic mass is 9.90. The van der Waals surface area contributed by atoms with E-state index in [0.29, 0.717) is 43.0 Å². The number of benzene rings is 2. The minimum Gasteiger partial charge on any atom is -0.493 e. The molecule has 2 aromatic heterocycles. The predicted octanol–water partition coefficient (Wildman–Crippen LogP) is 7.44. The van der Waals surface area contributed by atoms with Crippen molar-refractivity contribution in [2.45, 2.75) is 98.6 Å². The fraction of sp³-hybridized carbons (Fsp3) is 0.439. The molecule has 51 heavy (non-hydrogen) atoms. The summed E-state index contributed by atoms with van der Waals surface area (Å²) in [6.45, 7) is 11.2. The van der Waals surface area contributed by atoms with Gasteiger partial charge >= 0.3 is 5.97 Å². The van der Waals surface area contributed by atoms with Crippen LogP contribution in [0.1, 0.15) is 107 Å². The van der Waals surface area contributed by atoms with Crippen molar-refractivity contribution in [2.75, 3.05) is 13.2 Å². The van der Waals surface area contributed by atoms with Gasteiger partial charge in [0, 0.05) is 16.5 Å². The largest absolute Gasteiger partial charge is 0.493 e. The molecule has 1 N–H and O–H groups in total. The van der Waals surface area contributed by atoms with Crippen molar-refractivity contribution in [3.8, 4) is 22.9 Å². The van der Waals surface area contributed by atoms with Crippen LogP contribution in [0.2, 0.25) is 0 Å². The summed E-state index contributed by atoms with van der Waals surface area (Å²) >= 11 is 0. The number of aryl methyl sites for hydroxylation is 1. The number of ether oxygens (including phenoxy) is 3. The Balaban J connectivity index is 1.11. The highest BCUT2D eigenvalue weighted by atomic mass is 16.5. The van der Waals surface area contributed by atoms with Crippen LogP contribution in [0, 0.1) is 5.92 Å². The highest BCUT2D eigenvalue weighted by Crippen LogP contribution is 2.39. The molecule has 6 rings (SSSR count). The number of unbranched alkanes of at least 4 members (excludes halogenated alkanes) is 3. The van der Waals surface area contributed by atoms with Gasteiger partial charge in [0.1, 0.15) is 18.1 Å². The maximum Gasteiger partial charge on any atom is 0.313 e. The third-order valence-corrected chi connectivity index (χ3v) is 9.88. The zero-order valence-electron chi connectivity index (χ0n) is 30.3. The third-order valence-electron chi connectivity index (χ3n) is 9.88. The Hall–Kier alpha value is -4.99. The van der Waals surface area contributed by atoms with Gasteiger partial charge in [0.15, 0.2) is 6.61 Å². The van der Waals surface area contributed by atoms with Gasteiger partial charge in [-0.2, -0.15) is 5.10 Å². The van der Waals surface area contributed by atoms with E-state index in [1.54, 1.807) is 10.6 Å². The molecule has 10 nitrogen and oxygen atoms in total. The van der Waals surface area contributed by atoms with Gasteiger partial charge in [-0.15, -0.1) is 0 Å². The van der Waals surface area contributed by atoms with E-state index in [1.807, 2.05) is 56.3 Å². The molecule has 0 saturated heterocycles. The van der Waals surface area contributed by atoms with Crippen molar-refractivity contribution in [1.29, 1.82) is 0 Å². The molecular weight excluding hydrogens is 644 g/mol. The first-order valence-corrected chi connectivity index (χ1v) is 18.3. The number of pyridine rings is 2. The van der Waals surface area contributed by atoms with Crippen molar-refractivity contribution < 1.29 is 23.8 Å². The second-order valence-electron chi connectivity index (χ2n) is 13.8. The van der Waals surface area contributed by atoms with Crippen LogP contribution in [0.15, 0.2) is 58.4 Å². The molecule has 2 aliphatic heterocycles. The monoisotopic (exact) mass is 692 g/mol. The molecule has 0 radical (unpaired) electrons. The smallest absolute Gasteiger partial charge is 0.313 e. The molecule has 1 unspecified atom stereocenters. The number of para-hydroxylation sites is 1. The Morgan fingerprint density at radius 3 is 2.63 bits per heavy atom. The van der Waals surface area contributed by atoms with E-state index < -0.39 is 5.92 Å². The Morgan fingerprint density at radius 2 is 1.84 bits per heavy atom. The number of nitrogens with zero attached hydrogens (tertiary/aromatic N) is 3. The molecule has 2 aliphatic rings. The Kier molecular flexibility index (Phi) is 11.2. The molecule has 2 aromatic carbocycles. The van der Waals surface area contributed by atoms with Crippen LogP contribution in [0.3, 0.4) is 0 Å². The number of carbonyl (C=O) groups is 2. The first kappa shape index (κ1) is 35.8. The third kappa shape index (κ3) is 7.70. The van der Waals surface area contributed by atoms with E-state index in [1.165, 1.54) is 19.3 Å². The summed E-state index contributed by atoms with van der Waals surface area (Å²) in [4.78, 5) is 43.9. The highest BCUT2D eigenvalue weighted by Gasteiger charge is 2.34. The normalized spacial score (nSPS) is 15.0. The molecule has 0 bridgehead atoms. The molecule has 0 spiro atoms. The van der Waals surface area contributed by atoms with Gasteiger partial charge in [-0.3, -0.25) is 14.4 Å². The summed E-state index contributed by atoms with van der Waals surface area (Å²) in [6, 6.07) is 15.2. The Bertz CT molecular complexity index is 2030. The summed E-state index contributed by atoms with van der Waals surface area (Å²) in [5.41, 5.74) is 9.54. The molecule has 1 atom stereocenters. The number of amides is 1. The molecule has 4 aromatic rings. The summed E-state index contributed by atoms with van der Waals surface area (Å²) in [5.74, 6) is 0.890. The minimum atomic E-state index is -0.456. The number of hydrogen-bond acceptors (Lipinski definition) is 8. The van der Waals surface area contributed by atoms with Crippen molar-refractivity contribution in [1.82, 2.24) is 15.0 Å². The summed E-state index contributed by atoms with van der Waals surface area (Å²) < 4.78 is 19.1. The maximum atomic E-state index is 13.6. The second-order valence-corrected chi connectivity index (χ2v) is 13.8. The van der Waals surface area contributed by atoms with Crippen LogP contribution >= 0.6 is 0 Å². The number of hydrogen-bond donors (Lipinski definition) is 1. The first-order chi connectivity index (χ1) is 24.7. The van der Waals surface area contributed by atoms with Gasteiger partial charge in [0.25, 0.3) is 11.5 Å². The van der Waals surface area contributed by atoms with Gasteiger partial charge < -0.3 is 18.8 Å². The molecule has 0 fully saturated rings. The summed E-state index contributed by atoms with van der Waals surface area (Å²) in [6.07, 6.45) is 7.15. The zero-order chi connectivity index (χ0) is 36.1. The average molecular weight is 693 g/mol. The number of nitrogens with one attached hydrogen (secondary N) is 1. The van der Waals surface area contributed by atoms with Crippen LogP contribution < -0.4 is 20.5 Å². The first-order valence-electron chi connectivity index (χ1n) is 18.3. The van der Waals surface area contributed by atoms with Gasteiger partial charge in [0.2, 0.25) is 0 Å². The van der Waals surface area contributed by atoms with Gasteiger partial charge in [0.05, 0.1) is 47.2 Å². The molecule has 268 valence electrons. The highest BCUT2D eigenvalue weighted by molar-refractivity contribution is 6.01. The van der Waals surface area contributed by atoms with Crippen LogP contribution in [-0.4, -0.2) is 40.4 Å². The summed E-state index contributed by atoms with van der Waals surface area (Å²) in [5, 5.41) is 5.24. The molecule has 10 heteroatoms. The number of rotatable bonds is 15. The average Bonchev–Trinajstić information content (AvgIpc) is 3.49. The number of carbonyl (C=O) groups excluding carboxylic acids is 2. The maximum absolute atomic E-state index is 13.6. The second kappa shape index (κ2) is 15.9. The Morgan fingerprint density at radius 1 is 1.04 bits per heavy atom. The Labute approximate surface area is 299 Å². The molecule has 4 heterocycles. The quantitative estimate of drug-likeness (QED) is 0.0524. The van der Waals surface area contributed by atoms with Crippen molar-refractivity contribution in [3.05, 3.63) is 86.7 Å². The number of hydrazone groups is 1. The molecular formula is C41H48N4O6. The lowest BCUT2D eigenvalue weighted by Crippen LogP contribution is -2.32. The number of cyclic esters (lactones) is 1. The predicted molar refractivity (Wildman–Crippen MR) is 198 cm³/mol. The van der Waals surface area contributed by atoms with Crippen LogP contribution in [0.25, 0.3) is 22.3 Å². The van der Waals surface area contributed by atoms with E-state index in [-0.39, 0.29) is 30.6 Å². The molecule has 0 aliphatic carbocycles. The number of aromatic nitrogens is 2. The number of fused-ring (bicyclic) bond motifs is 5. The van der Waals surface area contributed by atoms with Crippen molar-refractivity contribution in [3.63, 3.8) is 0 Å². The summed E-state index contributed by atoms with van der Waals surface area (Å²) in [7, 11) is 0. The van der Waals surface area contributed by atoms with E-state index in [9.17, 15) is 14.4 Å². The van der Waals surface area contributed by atoms with Gasteiger partial charge in [-0.25, -0.2) is 10.4 Å². The zero-order valence-corrected chi connectivity index (χ0v) is 30.3. The van der Waals surface area contributed by atoms with Gasteiger partial charge in [-0.1, -0.05) is 65.5 Å². The van der Waals surface area contributed by atoms with E-state index in [0.717, 1.165) is 69.1 Å². The lowest BCUT2D eigenvalue weighted by Gasteiger charge is -2.24. The fourth-order valence-corrected chi connectivity index (χ4v) is 7.13. The molecule has 0 saturated carbocycles. The van der Waals surface area contributed by atoms with Crippen molar-refractivity contribution in [2.24, 2.45) is 11.0 Å². The fourth-order valence-electron chi connectivity index (χ4n) is 7.13. The molecule has 1 amide bonds. The van der Waals surface area contributed by atoms with Crippen LogP contribution in [0.4, 0.5) is 0 Å². The topological polar surface area (TPSA) is 121 Å². The lowest BCUT2D eigenvalue weighted by molar-refractivity contribution is -0.148. The number of esters is 1. The van der Waals surface area contributed by atoms with E-state index in [2.05, 4.69) is 31.3 Å².